The molecule has 0 aliphatic carbocycles. The van der Waals surface area contributed by atoms with Crippen molar-refractivity contribution in [3.8, 4) is 0 Å². The SMILES string of the molecule is C/C=C/C[C@@H](C)[C@@H](O)[C@@H]1CC(=O)[C@H](C(C)C)N(C)C(=O)[C@H](CC(C)C)CC(=O)[C@H](CC(C)C)N(C)C(=O)[C@@H](C)NC(=O)[C@H](C)CC(=O)[C@H](CC(C)C)N(C)C(=O)[C@H](C(C)C)CC(=O)[C@H]([C@@H](C)OCCCC(=O)NO)N(C)C(=O)CCC(=O)[C@H](CC)NC1=O. The van der Waals surface area contributed by atoms with Gasteiger partial charge in [-0.1, -0.05) is 102 Å². The van der Waals surface area contributed by atoms with E-state index >= 15 is 0 Å². The molecule has 13 atom stereocenters. The first kappa shape index (κ1) is 80.3. The number of ether oxygens (including phenoxy) is 1. The number of carbonyl (C=O) groups excluding carboxylic acids is 12. The van der Waals surface area contributed by atoms with E-state index < -0.39 is 186 Å². The summed E-state index contributed by atoms with van der Waals surface area (Å²) in [4.78, 5) is 177. The summed E-state index contributed by atoms with van der Waals surface area (Å²) < 4.78 is 6.03. The smallest absolute Gasteiger partial charge is 0.245 e. The van der Waals surface area contributed by atoms with Crippen LogP contribution in [0.2, 0.25) is 0 Å². The van der Waals surface area contributed by atoms with E-state index in [9.17, 15) is 62.6 Å². The number of amides is 7. The van der Waals surface area contributed by atoms with Crippen molar-refractivity contribution in [1.29, 1.82) is 0 Å². The number of Topliss-reactive ketones (excluding diaryl/α,β-unsaturated/α-hetero) is 5. The molecule has 1 fully saturated rings. The summed E-state index contributed by atoms with van der Waals surface area (Å²) in [5, 5.41) is 26.5. The van der Waals surface area contributed by atoms with Crippen LogP contribution in [0.4, 0.5) is 0 Å². The summed E-state index contributed by atoms with van der Waals surface area (Å²) in [6.07, 6.45) is -0.196. The Balaban J connectivity index is 4.24. The molecule has 0 saturated carbocycles. The monoisotopic (exact) mass is 1240 g/mol. The molecular weight excluding hydrogens is 1130 g/mol. The normalized spacial score (nSPS) is 26.7. The van der Waals surface area contributed by atoms with Crippen molar-refractivity contribution in [1.82, 2.24) is 35.7 Å². The molecular formula is C66H113N7O15. The van der Waals surface area contributed by atoms with Gasteiger partial charge in [0.15, 0.2) is 28.9 Å². The molecule has 5 N–H and O–H groups in total. The predicted molar refractivity (Wildman–Crippen MR) is 336 cm³/mol. The number of hydrogen-bond acceptors (Lipinski definition) is 15. The fourth-order valence-electron chi connectivity index (χ4n) is 11.8. The predicted octanol–water partition coefficient (Wildman–Crippen LogP) is 6.48. The minimum Gasteiger partial charge on any atom is -0.392 e. The first-order valence-electron chi connectivity index (χ1n) is 32.0. The van der Waals surface area contributed by atoms with Crippen molar-refractivity contribution in [2.24, 2.45) is 59.2 Å². The van der Waals surface area contributed by atoms with Crippen molar-refractivity contribution < 1.29 is 72.6 Å². The Hall–Kier alpha value is -5.74. The number of rotatable bonds is 19. The highest BCUT2D eigenvalue weighted by Gasteiger charge is 2.43. The Morgan fingerprint density at radius 3 is 1.64 bits per heavy atom. The Morgan fingerprint density at radius 2 is 1.14 bits per heavy atom. The van der Waals surface area contributed by atoms with Gasteiger partial charge in [-0.3, -0.25) is 62.7 Å². The molecule has 22 heteroatoms. The summed E-state index contributed by atoms with van der Waals surface area (Å²) in [5.41, 5.74) is 1.55. The molecule has 0 aromatic heterocycles. The van der Waals surface area contributed by atoms with Gasteiger partial charge in [0, 0.05) is 97.5 Å². The average Bonchev–Trinajstić information content (AvgIpc) is 3.58. The Kier molecular flexibility index (Phi) is 35.3. The molecule has 0 bridgehead atoms. The van der Waals surface area contributed by atoms with Gasteiger partial charge in [0.1, 0.15) is 12.1 Å². The van der Waals surface area contributed by atoms with Crippen LogP contribution < -0.4 is 16.1 Å². The molecule has 22 nitrogen and oxygen atoms in total. The second kappa shape index (κ2) is 38.7. The molecule has 0 aromatic rings. The van der Waals surface area contributed by atoms with Crippen molar-refractivity contribution >= 4 is 70.3 Å². The zero-order chi connectivity index (χ0) is 67.8. The van der Waals surface area contributed by atoms with Gasteiger partial charge < -0.3 is 40.1 Å². The average molecular weight is 1240 g/mol. The van der Waals surface area contributed by atoms with E-state index in [1.807, 2.05) is 47.6 Å². The summed E-state index contributed by atoms with van der Waals surface area (Å²) >= 11 is 0. The summed E-state index contributed by atoms with van der Waals surface area (Å²) in [6.45, 7) is 27.9. The van der Waals surface area contributed by atoms with E-state index in [4.69, 9.17) is 9.94 Å². The van der Waals surface area contributed by atoms with Crippen LogP contribution in [0.5, 0.6) is 0 Å². The van der Waals surface area contributed by atoms with Gasteiger partial charge in [0.2, 0.25) is 41.4 Å². The Bertz CT molecular complexity index is 2390. The minimum atomic E-state index is -1.41. The maximum Gasteiger partial charge on any atom is 0.245 e. The van der Waals surface area contributed by atoms with Crippen LogP contribution in [0.1, 0.15) is 194 Å². The van der Waals surface area contributed by atoms with Gasteiger partial charge >= 0.3 is 0 Å². The molecule has 1 aliphatic rings. The Morgan fingerprint density at radius 1 is 0.614 bits per heavy atom. The van der Waals surface area contributed by atoms with Gasteiger partial charge in [0.25, 0.3) is 0 Å². The summed E-state index contributed by atoms with van der Waals surface area (Å²) in [5.74, 6) is -13.2. The van der Waals surface area contributed by atoms with Crippen LogP contribution >= 0.6 is 0 Å². The number of nitrogens with zero attached hydrogens (tertiary/aromatic N) is 4. The third kappa shape index (κ3) is 24.9. The molecule has 1 rings (SSSR count). The van der Waals surface area contributed by atoms with E-state index in [2.05, 4.69) is 10.6 Å². The third-order valence-corrected chi connectivity index (χ3v) is 17.1. The van der Waals surface area contributed by atoms with E-state index in [0.717, 1.165) is 4.90 Å². The van der Waals surface area contributed by atoms with Crippen LogP contribution in [-0.2, 0) is 62.3 Å². The zero-order valence-electron chi connectivity index (χ0n) is 56.9. The molecule has 7 amide bonds. The summed E-state index contributed by atoms with van der Waals surface area (Å²) in [6, 6.07) is -6.90. The molecule has 1 heterocycles. The van der Waals surface area contributed by atoms with Crippen LogP contribution in [-0.4, -0.2) is 183 Å². The van der Waals surface area contributed by atoms with Crippen molar-refractivity contribution in [3.63, 3.8) is 0 Å². The number of ketones is 5. The standard InChI is InChI=1S/C66H113N7O15/c1-21-23-25-42(13)61(81)48-36-55(77)59(41(11)12)73(20)65(85)46(30-37(3)4)34-54(76)51(32-39(7)8)70(17)64(84)44(15)67-62(82)43(14)33-53(75)50(31-38(5)6)71(18)66(86)47(40(9)10)35-56(78)60(45(16)88-29-24-26-57(79)69-87)72(19)58(80)28-27-52(74)49(22-2)68-63(48)83/h21,23,37-51,59-61,81,87H,22,24-36H2,1-20H3,(H,67,82)(H,68,83)(H,69,79)/b23-21+/t42-,43-,44-,45-,46-,47+,48+,49+,50+,51+,59+,60+,61-/m1/s1. The second-order valence-corrected chi connectivity index (χ2v) is 26.8. The topological polar surface area (TPSA) is 304 Å². The number of nitrogens with one attached hydrogen (secondary N) is 3. The first-order chi connectivity index (χ1) is 40.9. The van der Waals surface area contributed by atoms with Crippen LogP contribution in [0.25, 0.3) is 0 Å². The number of likely N-dealkylation sites (N-methyl/N-ethyl adjacent to an activating group) is 4. The number of carbonyl (C=O) groups is 12. The Labute approximate surface area is 525 Å². The van der Waals surface area contributed by atoms with Crippen molar-refractivity contribution in [3.05, 3.63) is 12.2 Å². The largest absolute Gasteiger partial charge is 0.392 e. The highest BCUT2D eigenvalue weighted by molar-refractivity contribution is 5.99. The molecule has 0 radical (unpaired) electrons. The van der Waals surface area contributed by atoms with Gasteiger partial charge in [-0.15, -0.1) is 0 Å². The lowest BCUT2D eigenvalue weighted by molar-refractivity contribution is -0.148. The molecule has 0 unspecified atom stereocenters. The molecule has 0 spiro atoms. The number of aliphatic hydroxyl groups is 1. The third-order valence-electron chi connectivity index (χ3n) is 17.1. The quantitative estimate of drug-likeness (QED) is 0.0400. The molecule has 502 valence electrons. The van der Waals surface area contributed by atoms with E-state index in [0.29, 0.717) is 6.42 Å². The van der Waals surface area contributed by atoms with Gasteiger partial charge in [-0.2, -0.15) is 0 Å². The lowest BCUT2D eigenvalue weighted by Crippen LogP contribution is -2.53. The van der Waals surface area contributed by atoms with Crippen LogP contribution in [0, 0.1) is 59.2 Å². The van der Waals surface area contributed by atoms with Crippen molar-refractivity contribution in [2.45, 2.75) is 243 Å². The van der Waals surface area contributed by atoms with Crippen LogP contribution in [0.15, 0.2) is 12.2 Å². The lowest BCUT2D eigenvalue weighted by Gasteiger charge is -2.36. The molecule has 88 heavy (non-hydrogen) atoms. The molecule has 0 aromatic carbocycles. The maximum absolute atomic E-state index is 14.9. The van der Waals surface area contributed by atoms with E-state index in [1.165, 1.54) is 56.7 Å². The summed E-state index contributed by atoms with van der Waals surface area (Å²) in [7, 11) is 5.77. The van der Waals surface area contributed by atoms with Crippen LogP contribution in [0.3, 0.4) is 0 Å². The molecule has 1 aliphatic heterocycles. The highest BCUT2D eigenvalue weighted by atomic mass is 16.5. The minimum absolute atomic E-state index is 0.0549. The number of allylic oxidation sites excluding steroid dienone is 2. The fraction of sp³-hybridized carbons (Fsp3) is 0.788. The van der Waals surface area contributed by atoms with Gasteiger partial charge in [-0.05, 0) is 94.8 Å². The van der Waals surface area contributed by atoms with E-state index in [1.54, 1.807) is 66.9 Å². The highest BCUT2D eigenvalue weighted by Crippen LogP contribution is 2.30. The molecule has 1 saturated heterocycles. The maximum atomic E-state index is 14.9. The van der Waals surface area contributed by atoms with Crippen molar-refractivity contribution in [2.75, 3.05) is 34.8 Å². The van der Waals surface area contributed by atoms with E-state index in [-0.39, 0.29) is 75.7 Å². The lowest BCUT2D eigenvalue weighted by atomic mass is 9.82. The van der Waals surface area contributed by atoms with Gasteiger partial charge in [0.05, 0.1) is 42.3 Å². The second-order valence-electron chi connectivity index (χ2n) is 26.8. The fourth-order valence-corrected chi connectivity index (χ4v) is 11.8. The number of hydroxylamine groups is 1. The number of hydrogen-bond donors (Lipinski definition) is 5. The zero-order valence-corrected chi connectivity index (χ0v) is 56.9. The number of aliphatic hydroxyl groups excluding tert-OH is 1. The van der Waals surface area contributed by atoms with Gasteiger partial charge in [-0.25, -0.2) is 5.48 Å². The first-order valence-corrected chi connectivity index (χ1v) is 32.0.